The van der Waals surface area contributed by atoms with Gasteiger partial charge < -0.3 is 5.32 Å². The zero-order valence-electron chi connectivity index (χ0n) is 19.4. The molecule has 1 saturated carbocycles. The van der Waals surface area contributed by atoms with Crippen LogP contribution in [0.2, 0.25) is 0 Å². The Labute approximate surface area is 203 Å². The van der Waals surface area contributed by atoms with Crippen molar-refractivity contribution in [2.45, 2.75) is 76.4 Å². The van der Waals surface area contributed by atoms with E-state index < -0.39 is 0 Å². The van der Waals surface area contributed by atoms with Gasteiger partial charge in [0.1, 0.15) is 4.83 Å². The second-order valence-electron chi connectivity index (χ2n) is 9.49. The summed E-state index contributed by atoms with van der Waals surface area (Å²) in [6, 6.07) is 8.22. The molecular weight excluding hydrogens is 450 g/mol. The first kappa shape index (κ1) is 22.7. The molecule has 2 unspecified atom stereocenters. The van der Waals surface area contributed by atoms with Crippen LogP contribution in [0.15, 0.2) is 34.2 Å². The van der Waals surface area contributed by atoms with Crippen LogP contribution in [0.1, 0.15) is 61.5 Å². The number of rotatable bonds is 5. The molecule has 5 nitrogen and oxygen atoms in total. The molecule has 2 aliphatic carbocycles. The third-order valence-electron chi connectivity index (χ3n) is 7.04. The summed E-state index contributed by atoms with van der Waals surface area (Å²) in [5.74, 6) is 0.803. The summed E-state index contributed by atoms with van der Waals surface area (Å²) in [5.41, 5.74) is 3.13. The van der Waals surface area contributed by atoms with Crippen LogP contribution in [0.3, 0.4) is 0 Å². The van der Waals surface area contributed by atoms with Crippen LogP contribution >= 0.6 is 23.1 Å². The van der Waals surface area contributed by atoms with E-state index in [4.69, 9.17) is 4.98 Å². The van der Waals surface area contributed by atoms with Crippen molar-refractivity contribution >= 4 is 39.2 Å². The van der Waals surface area contributed by atoms with Gasteiger partial charge in [-0.05, 0) is 69.1 Å². The molecule has 2 aliphatic rings. The van der Waals surface area contributed by atoms with E-state index >= 15 is 0 Å². The Bertz CT molecular complexity index is 1230. The molecule has 0 bridgehead atoms. The predicted molar refractivity (Wildman–Crippen MR) is 137 cm³/mol. The number of amides is 1. The van der Waals surface area contributed by atoms with Gasteiger partial charge in [-0.2, -0.15) is 0 Å². The fourth-order valence-corrected chi connectivity index (χ4v) is 7.24. The third-order valence-corrected chi connectivity index (χ3v) is 9.16. The Kier molecular flexibility index (Phi) is 6.61. The zero-order valence-corrected chi connectivity index (χ0v) is 21.0. The van der Waals surface area contributed by atoms with E-state index in [1.54, 1.807) is 15.9 Å². The van der Waals surface area contributed by atoms with Gasteiger partial charge in [0.05, 0.1) is 16.8 Å². The number of hydrogen-bond donors (Lipinski definition) is 1. The molecule has 5 rings (SSSR count). The maximum Gasteiger partial charge on any atom is 0.267 e. The van der Waals surface area contributed by atoms with Crippen LogP contribution in [-0.4, -0.2) is 27.3 Å². The van der Waals surface area contributed by atoms with Gasteiger partial charge in [0.2, 0.25) is 5.91 Å². The lowest BCUT2D eigenvalue weighted by Gasteiger charge is -2.29. The molecule has 1 N–H and O–H groups in total. The predicted octanol–water partition coefficient (Wildman–Crippen LogP) is 5.42. The minimum atomic E-state index is -0.00735. The monoisotopic (exact) mass is 481 g/mol. The quantitative estimate of drug-likeness (QED) is 0.390. The number of benzene rings is 1. The lowest BCUT2D eigenvalue weighted by Crippen LogP contribution is -2.41. The van der Waals surface area contributed by atoms with Gasteiger partial charge >= 0.3 is 0 Å². The highest BCUT2D eigenvalue weighted by molar-refractivity contribution is 7.99. The molecule has 33 heavy (non-hydrogen) atoms. The smallest absolute Gasteiger partial charge is 0.267 e. The molecule has 174 valence electrons. The van der Waals surface area contributed by atoms with Gasteiger partial charge in [0.25, 0.3) is 5.56 Å². The van der Waals surface area contributed by atoms with Crippen LogP contribution in [0.25, 0.3) is 15.9 Å². The second-order valence-corrected chi connectivity index (χ2v) is 11.5. The summed E-state index contributed by atoms with van der Waals surface area (Å²) >= 11 is 3.02. The number of carbonyl (C=O) groups excluding carboxylic acids is 1. The van der Waals surface area contributed by atoms with Crippen LogP contribution in [0, 0.1) is 12.8 Å². The SMILES string of the molecule is Cc1ccc(-n2c(SCC(=O)NC3CCCCC3C)nc3sc4c(c3c2=O)CCCC4)cc1. The van der Waals surface area contributed by atoms with Gasteiger partial charge in [-0.25, -0.2) is 4.98 Å². The number of aromatic nitrogens is 2. The van der Waals surface area contributed by atoms with E-state index in [0.29, 0.717) is 11.1 Å². The number of nitrogens with zero attached hydrogens (tertiary/aromatic N) is 2. The number of nitrogens with one attached hydrogen (secondary N) is 1. The molecule has 1 amide bonds. The fraction of sp³-hybridized carbons (Fsp3) is 0.500. The molecular formula is C26H31N3O2S2. The average Bonchev–Trinajstić information content (AvgIpc) is 3.19. The van der Waals surface area contributed by atoms with E-state index in [1.165, 1.54) is 47.9 Å². The van der Waals surface area contributed by atoms with Crippen molar-refractivity contribution in [1.29, 1.82) is 0 Å². The largest absolute Gasteiger partial charge is 0.352 e. The van der Waals surface area contributed by atoms with Crippen LogP contribution in [0.5, 0.6) is 0 Å². The first-order valence-corrected chi connectivity index (χ1v) is 13.9. The zero-order chi connectivity index (χ0) is 22.9. The normalized spacial score (nSPS) is 20.5. The third kappa shape index (κ3) is 4.62. The summed E-state index contributed by atoms with van der Waals surface area (Å²) in [6.45, 7) is 4.26. The lowest BCUT2D eigenvalue weighted by molar-refractivity contribution is -0.119. The van der Waals surface area contributed by atoms with Gasteiger partial charge in [-0.3, -0.25) is 14.2 Å². The minimum absolute atomic E-state index is 0.00735. The number of aryl methyl sites for hydroxylation is 3. The standard InChI is InChI=1S/C26H31N3O2S2/c1-16-11-13-18(14-12-16)29-25(31)23-19-8-4-6-10-21(19)33-24(23)28-26(29)32-15-22(30)27-20-9-5-3-7-17(20)2/h11-14,17,20H,3-10,15H2,1-2H3,(H,27,30). The highest BCUT2D eigenvalue weighted by atomic mass is 32.2. The number of fused-ring (bicyclic) bond motifs is 3. The van der Waals surface area contributed by atoms with Gasteiger partial charge in [0.15, 0.2) is 5.16 Å². The fourth-order valence-electron chi connectivity index (χ4n) is 5.11. The summed E-state index contributed by atoms with van der Waals surface area (Å²) < 4.78 is 1.71. The summed E-state index contributed by atoms with van der Waals surface area (Å²) in [7, 11) is 0. The molecule has 0 aliphatic heterocycles. The maximum atomic E-state index is 13.8. The molecule has 3 aromatic rings. The van der Waals surface area contributed by atoms with E-state index in [-0.39, 0.29) is 23.3 Å². The maximum absolute atomic E-state index is 13.8. The molecule has 2 aromatic heterocycles. The number of hydrogen-bond acceptors (Lipinski definition) is 5. The molecule has 0 saturated heterocycles. The molecule has 0 spiro atoms. The molecule has 1 fully saturated rings. The van der Waals surface area contributed by atoms with E-state index in [2.05, 4.69) is 12.2 Å². The van der Waals surface area contributed by atoms with Gasteiger partial charge in [-0.1, -0.05) is 49.2 Å². The van der Waals surface area contributed by atoms with Crippen molar-refractivity contribution in [2.75, 3.05) is 5.75 Å². The minimum Gasteiger partial charge on any atom is -0.352 e. The van der Waals surface area contributed by atoms with E-state index in [0.717, 1.165) is 47.2 Å². The Morgan fingerprint density at radius 2 is 1.91 bits per heavy atom. The highest BCUT2D eigenvalue weighted by Gasteiger charge is 2.25. The summed E-state index contributed by atoms with van der Waals surface area (Å²) in [5, 5.41) is 4.60. The molecule has 7 heteroatoms. The van der Waals surface area contributed by atoms with E-state index in [1.807, 2.05) is 31.2 Å². The summed E-state index contributed by atoms with van der Waals surface area (Å²) in [4.78, 5) is 33.6. The Morgan fingerprint density at radius 3 is 2.70 bits per heavy atom. The van der Waals surface area contributed by atoms with Crippen molar-refractivity contribution in [3.63, 3.8) is 0 Å². The Balaban J connectivity index is 1.49. The highest BCUT2D eigenvalue weighted by Crippen LogP contribution is 2.35. The summed E-state index contributed by atoms with van der Waals surface area (Å²) in [6.07, 6.45) is 8.94. The molecule has 0 radical (unpaired) electrons. The number of thioether (sulfide) groups is 1. The van der Waals surface area contributed by atoms with Crippen LogP contribution in [0.4, 0.5) is 0 Å². The van der Waals surface area contributed by atoms with Gasteiger partial charge in [-0.15, -0.1) is 11.3 Å². The number of carbonyl (C=O) groups is 1. The van der Waals surface area contributed by atoms with Crippen LogP contribution in [-0.2, 0) is 17.6 Å². The molecule has 2 heterocycles. The van der Waals surface area contributed by atoms with Crippen molar-refractivity contribution in [3.05, 3.63) is 50.6 Å². The topological polar surface area (TPSA) is 64.0 Å². The van der Waals surface area contributed by atoms with Crippen molar-refractivity contribution in [1.82, 2.24) is 14.9 Å². The first-order valence-electron chi connectivity index (χ1n) is 12.1. The first-order chi connectivity index (χ1) is 16.0. The molecule has 2 atom stereocenters. The van der Waals surface area contributed by atoms with Crippen molar-refractivity contribution in [3.8, 4) is 5.69 Å². The number of thiophene rings is 1. The molecule has 1 aromatic carbocycles. The van der Waals surface area contributed by atoms with Crippen molar-refractivity contribution in [2.24, 2.45) is 5.92 Å². The van der Waals surface area contributed by atoms with Gasteiger partial charge in [0, 0.05) is 10.9 Å². The second kappa shape index (κ2) is 9.63. The van der Waals surface area contributed by atoms with E-state index in [9.17, 15) is 9.59 Å². The van der Waals surface area contributed by atoms with Crippen LogP contribution < -0.4 is 10.9 Å². The Morgan fingerprint density at radius 1 is 1.15 bits per heavy atom. The average molecular weight is 482 g/mol. The lowest BCUT2D eigenvalue weighted by atomic mass is 9.86. The van der Waals surface area contributed by atoms with Crippen molar-refractivity contribution < 1.29 is 4.79 Å². The Hall–Kier alpha value is -2.12.